The van der Waals surface area contributed by atoms with Crippen molar-refractivity contribution in [3.8, 4) is 11.4 Å². The Labute approximate surface area is 166 Å². The minimum atomic E-state index is -0.153. The fourth-order valence-electron chi connectivity index (χ4n) is 3.84. The molecule has 1 saturated heterocycles. The molecule has 0 aliphatic carbocycles. The molecule has 3 aliphatic heterocycles. The Kier molecular flexibility index (Phi) is 4.59. The number of rotatable bonds is 4. The summed E-state index contributed by atoms with van der Waals surface area (Å²) < 4.78 is 5.52. The number of thioether (sulfide) groups is 1. The van der Waals surface area contributed by atoms with E-state index in [1.807, 2.05) is 17.0 Å². The number of nitrogens with zero attached hydrogens (tertiary/aromatic N) is 6. The molecule has 144 valence electrons. The highest BCUT2D eigenvalue weighted by Crippen LogP contribution is 2.35. The van der Waals surface area contributed by atoms with Crippen LogP contribution in [0.15, 0.2) is 45.1 Å². The number of aliphatic imine (C=N–C) groups is 1. The predicted molar refractivity (Wildman–Crippen MR) is 105 cm³/mol. The van der Waals surface area contributed by atoms with E-state index in [1.54, 1.807) is 24.2 Å². The maximum absolute atomic E-state index is 13.0. The summed E-state index contributed by atoms with van der Waals surface area (Å²) in [4.78, 5) is 30.2. The molecule has 0 bridgehead atoms. The third-order valence-corrected chi connectivity index (χ3v) is 6.19. The summed E-state index contributed by atoms with van der Waals surface area (Å²) in [7, 11) is 0. The molecule has 8 nitrogen and oxygen atoms in total. The van der Waals surface area contributed by atoms with Gasteiger partial charge < -0.3 is 14.3 Å². The zero-order valence-electron chi connectivity index (χ0n) is 15.3. The van der Waals surface area contributed by atoms with Crippen molar-refractivity contribution in [3.05, 3.63) is 41.5 Å². The van der Waals surface area contributed by atoms with E-state index in [0.717, 1.165) is 55.3 Å². The van der Waals surface area contributed by atoms with Crippen molar-refractivity contribution in [2.45, 2.75) is 31.7 Å². The quantitative estimate of drug-likeness (QED) is 0.785. The number of carbonyl (C=O) groups is 1. The van der Waals surface area contributed by atoms with Gasteiger partial charge in [-0.15, -0.1) is 0 Å². The molecule has 0 saturated carbocycles. The third-order valence-electron chi connectivity index (χ3n) is 5.24. The Morgan fingerprint density at radius 1 is 1.25 bits per heavy atom. The number of likely N-dealkylation sites (tertiary alicyclic amines) is 1. The van der Waals surface area contributed by atoms with Crippen LogP contribution in [-0.2, 0) is 4.79 Å². The highest BCUT2D eigenvalue weighted by Gasteiger charge is 2.36. The van der Waals surface area contributed by atoms with Gasteiger partial charge >= 0.3 is 0 Å². The minimum absolute atomic E-state index is 0.102. The van der Waals surface area contributed by atoms with E-state index < -0.39 is 0 Å². The van der Waals surface area contributed by atoms with Crippen molar-refractivity contribution in [3.63, 3.8) is 0 Å². The summed E-state index contributed by atoms with van der Waals surface area (Å²) >= 11 is 1.61. The van der Waals surface area contributed by atoms with Crippen LogP contribution in [0.1, 0.15) is 37.6 Å². The first-order valence-electron chi connectivity index (χ1n) is 9.51. The Morgan fingerprint density at radius 3 is 3.04 bits per heavy atom. The smallest absolute Gasteiger partial charge is 0.249 e. The molecule has 9 heteroatoms. The van der Waals surface area contributed by atoms with Crippen LogP contribution in [0.5, 0.6) is 0 Å². The second kappa shape index (κ2) is 7.38. The number of pyridine rings is 1. The molecule has 0 unspecified atom stereocenters. The minimum Gasteiger partial charge on any atom is -0.337 e. The largest absolute Gasteiger partial charge is 0.337 e. The number of amides is 1. The molecule has 1 amide bonds. The first-order valence-corrected chi connectivity index (χ1v) is 10.4. The zero-order chi connectivity index (χ0) is 18.9. The molecule has 0 spiro atoms. The molecule has 1 atom stereocenters. The molecule has 3 aliphatic rings. The number of amidine groups is 1. The van der Waals surface area contributed by atoms with Crippen LogP contribution < -0.4 is 0 Å². The van der Waals surface area contributed by atoms with Gasteiger partial charge in [-0.25, -0.2) is 0 Å². The van der Waals surface area contributed by atoms with Crippen LogP contribution in [0.3, 0.4) is 0 Å². The number of carbonyl (C=O) groups excluding carboxylic acids is 1. The Hall–Kier alpha value is -2.68. The van der Waals surface area contributed by atoms with Gasteiger partial charge in [-0.1, -0.05) is 16.9 Å². The number of aromatic nitrogens is 3. The maximum atomic E-state index is 13.0. The summed E-state index contributed by atoms with van der Waals surface area (Å²) in [6.45, 7) is 2.53. The van der Waals surface area contributed by atoms with Crippen LogP contribution in [0, 0.1) is 0 Å². The standard InChI is InChI=1S/C19H20N6O2S/c26-16(11-14-12-28-19-21-6-2-10-24(14)19)25-9-1-3-15(25)18-22-17(23-27-18)13-4-7-20-8-5-13/h4-5,7-8,12,15H,1-3,6,9-11H2/t15-/m0/s1. The Morgan fingerprint density at radius 2 is 2.14 bits per heavy atom. The molecule has 0 radical (unpaired) electrons. The molecule has 5 heterocycles. The third kappa shape index (κ3) is 3.19. The van der Waals surface area contributed by atoms with Gasteiger partial charge in [-0.2, -0.15) is 4.98 Å². The number of hydrogen-bond acceptors (Lipinski definition) is 8. The van der Waals surface area contributed by atoms with Crippen molar-refractivity contribution >= 4 is 22.8 Å². The predicted octanol–water partition coefficient (Wildman–Crippen LogP) is 2.84. The van der Waals surface area contributed by atoms with E-state index in [0.29, 0.717) is 18.1 Å². The Balaban J connectivity index is 1.31. The van der Waals surface area contributed by atoms with Gasteiger partial charge in [0.2, 0.25) is 17.6 Å². The van der Waals surface area contributed by atoms with Crippen molar-refractivity contribution in [2.75, 3.05) is 19.6 Å². The van der Waals surface area contributed by atoms with E-state index >= 15 is 0 Å². The second-order valence-electron chi connectivity index (χ2n) is 7.01. The van der Waals surface area contributed by atoms with Gasteiger partial charge in [0.1, 0.15) is 6.04 Å². The van der Waals surface area contributed by atoms with E-state index in [-0.39, 0.29) is 11.9 Å². The van der Waals surface area contributed by atoms with Crippen molar-refractivity contribution in [1.29, 1.82) is 0 Å². The summed E-state index contributed by atoms with van der Waals surface area (Å²) in [5.74, 6) is 1.14. The molecule has 28 heavy (non-hydrogen) atoms. The Bertz CT molecular complexity index is 941. The van der Waals surface area contributed by atoms with E-state index in [4.69, 9.17) is 4.52 Å². The van der Waals surface area contributed by atoms with Gasteiger partial charge in [-0.05, 0) is 36.8 Å². The molecule has 0 N–H and O–H groups in total. The monoisotopic (exact) mass is 396 g/mol. The fraction of sp³-hybridized carbons (Fsp3) is 0.421. The zero-order valence-corrected chi connectivity index (χ0v) is 16.1. The van der Waals surface area contributed by atoms with Gasteiger partial charge in [0.15, 0.2) is 5.17 Å². The van der Waals surface area contributed by atoms with E-state index in [9.17, 15) is 4.79 Å². The summed E-state index contributed by atoms with van der Waals surface area (Å²) in [6.07, 6.45) is 6.58. The molecular formula is C19H20N6O2S. The SMILES string of the molecule is O=C(CC1=CSC2=NCCCN12)N1CCC[C@H]1c1nc(-c2ccncc2)no1. The van der Waals surface area contributed by atoms with Crippen molar-refractivity contribution in [1.82, 2.24) is 24.9 Å². The molecule has 1 fully saturated rings. The number of hydrogen-bond donors (Lipinski definition) is 0. The van der Waals surface area contributed by atoms with Crippen LogP contribution >= 0.6 is 11.8 Å². The molecule has 2 aromatic heterocycles. The van der Waals surface area contributed by atoms with Gasteiger partial charge in [-0.3, -0.25) is 14.8 Å². The van der Waals surface area contributed by atoms with Crippen molar-refractivity contribution in [2.24, 2.45) is 4.99 Å². The average Bonchev–Trinajstić information content (AvgIpc) is 3.48. The average molecular weight is 396 g/mol. The lowest BCUT2D eigenvalue weighted by atomic mass is 10.2. The van der Waals surface area contributed by atoms with Crippen LogP contribution in [-0.4, -0.2) is 55.6 Å². The fourth-order valence-corrected chi connectivity index (χ4v) is 4.79. The van der Waals surface area contributed by atoms with Gasteiger partial charge in [0.25, 0.3) is 0 Å². The van der Waals surface area contributed by atoms with Crippen molar-refractivity contribution < 1.29 is 9.32 Å². The molecule has 5 rings (SSSR count). The highest BCUT2D eigenvalue weighted by molar-refractivity contribution is 8.16. The maximum Gasteiger partial charge on any atom is 0.249 e. The van der Waals surface area contributed by atoms with Crippen LogP contribution in [0.25, 0.3) is 11.4 Å². The second-order valence-corrected chi connectivity index (χ2v) is 7.85. The summed E-state index contributed by atoms with van der Waals surface area (Å²) in [6, 6.07) is 3.53. The van der Waals surface area contributed by atoms with E-state index in [1.165, 1.54) is 0 Å². The highest BCUT2D eigenvalue weighted by atomic mass is 32.2. The topological polar surface area (TPSA) is 87.7 Å². The van der Waals surface area contributed by atoms with E-state index in [2.05, 4.69) is 30.4 Å². The first-order chi connectivity index (χ1) is 13.8. The lowest BCUT2D eigenvalue weighted by molar-refractivity contribution is -0.132. The number of fused-ring (bicyclic) bond motifs is 1. The molecular weight excluding hydrogens is 376 g/mol. The molecule has 2 aromatic rings. The van der Waals surface area contributed by atoms with Crippen LogP contribution in [0.4, 0.5) is 0 Å². The summed E-state index contributed by atoms with van der Waals surface area (Å²) in [5.41, 5.74) is 1.90. The lowest BCUT2D eigenvalue weighted by Gasteiger charge is -2.27. The van der Waals surface area contributed by atoms with Gasteiger partial charge in [0.05, 0.1) is 6.42 Å². The molecule has 0 aromatic carbocycles. The van der Waals surface area contributed by atoms with Gasteiger partial charge in [0, 0.05) is 43.3 Å². The first kappa shape index (κ1) is 17.4. The van der Waals surface area contributed by atoms with Crippen LogP contribution in [0.2, 0.25) is 0 Å². The summed E-state index contributed by atoms with van der Waals surface area (Å²) in [5, 5.41) is 7.17. The lowest BCUT2D eigenvalue weighted by Crippen LogP contribution is -2.35. The normalized spacial score (nSPS) is 21.5.